The number of halogens is 1. The molecule has 0 saturated heterocycles. The summed E-state index contributed by atoms with van der Waals surface area (Å²) in [5.74, 6) is -0.106. The van der Waals surface area contributed by atoms with Crippen LogP contribution in [0.1, 0.15) is 29.5 Å². The number of thioether (sulfide) groups is 1. The van der Waals surface area contributed by atoms with Crippen LogP contribution in [0.3, 0.4) is 0 Å². The van der Waals surface area contributed by atoms with E-state index in [1.807, 2.05) is 32.0 Å². The number of carbonyl (C=O) groups excluding carboxylic acids is 1. The minimum absolute atomic E-state index is 0.0307. The number of tetrazole rings is 1. The molecule has 150 valence electrons. The SMILES string of the molecule is Cc1cccc(C)c1-n1nnnc1SCC(=O)N(Cc1ccccc1F)C1CC1. The number of nitrogens with zero attached hydrogens (tertiary/aromatic N) is 5. The Labute approximate surface area is 173 Å². The predicted molar refractivity (Wildman–Crippen MR) is 109 cm³/mol. The first-order valence-electron chi connectivity index (χ1n) is 9.55. The van der Waals surface area contributed by atoms with Gasteiger partial charge in [-0.1, -0.05) is 48.2 Å². The largest absolute Gasteiger partial charge is 0.335 e. The zero-order valence-electron chi connectivity index (χ0n) is 16.4. The van der Waals surface area contributed by atoms with Crippen molar-refractivity contribution in [2.75, 3.05) is 5.75 Å². The lowest BCUT2D eigenvalue weighted by Gasteiger charge is -2.22. The number of amides is 1. The van der Waals surface area contributed by atoms with Crippen molar-refractivity contribution in [1.82, 2.24) is 25.1 Å². The quantitative estimate of drug-likeness (QED) is 0.555. The van der Waals surface area contributed by atoms with Crippen molar-refractivity contribution in [3.8, 4) is 5.69 Å². The zero-order valence-corrected chi connectivity index (χ0v) is 17.2. The number of hydrogen-bond donors (Lipinski definition) is 0. The van der Waals surface area contributed by atoms with E-state index in [1.165, 1.54) is 17.8 Å². The maximum absolute atomic E-state index is 14.0. The molecule has 1 aliphatic rings. The third-order valence-corrected chi connectivity index (χ3v) is 5.93. The average Bonchev–Trinajstić information content (AvgIpc) is 3.44. The molecule has 1 amide bonds. The summed E-state index contributed by atoms with van der Waals surface area (Å²) in [5, 5.41) is 12.6. The van der Waals surface area contributed by atoms with Gasteiger partial charge in [0.05, 0.1) is 11.4 Å². The Morgan fingerprint density at radius 1 is 1.17 bits per heavy atom. The highest BCUT2D eigenvalue weighted by Crippen LogP contribution is 2.30. The van der Waals surface area contributed by atoms with Crippen molar-refractivity contribution < 1.29 is 9.18 Å². The summed E-state index contributed by atoms with van der Waals surface area (Å²) in [6.07, 6.45) is 1.93. The van der Waals surface area contributed by atoms with Crippen LogP contribution in [0.4, 0.5) is 4.39 Å². The summed E-state index contributed by atoms with van der Waals surface area (Å²) in [5.41, 5.74) is 3.59. The van der Waals surface area contributed by atoms with Crippen LogP contribution in [0.2, 0.25) is 0 Å². The van der Waals surface area contributed by atoms with Gasteiger partial charge in [-0.05, 0) is 54.3 Å². The number of rotatable bonds is 7. The minimum Gasteiger partial charge on any atom is -0.335 e. The van der Waals surface area contributed by atoms with Crippen molar-refractivity contribution in [1.29, 1.82) is 0 Å². The highest BCUT2D eigenvalue weighted by atomic mass is 32.2. The van der Waals surface area contributed by atoms with Gasteiger partial charge in [0, 0.05) is 18.2 Å². The summed E-state index contributed by atoms with van der Waals surface area (Å²) in [6, 6.07) is 12.8. The Kier molecular flexibility index (Phi) is 5.62. The van der Waals surface area contributed by atoms with E-state index in [1.54, 1.807) is 27.8 Å². The molecule has 1 aromatic heterocycles. The second-order valence-corrected chi connectivity index (χ2v) is 8.19. The number of aryl methyl sites for hydroxylation is 2. The number of carbonyl (C=O) groups is 1. The van der Waals surface area contributed by atoms with E-state index in [2.05, 4.69) is 15.5 Å². The summed E-state index contributed by atoms with van der Waals surface area (Å²) in [4.78, 5) is 14.7. The van der Waals surface area contributed by atoms with E-state index in [0.717, 1.165) is 29.7 Å². The van der Waals surface area contributed by atoms with Crippen molar-refractivity contribution in [3.05, 3.63) is 65.0 Å². The molecule has 8 heteroatoms. The number of para-hydroxylation sites is 1. The van der Waals surface area contributed by atoms with Crippen molar-refractivity contribution in [2.45, 2.75) is 44.4 Å². The van der Waals surface area contributed by atoms with E-state index in [9.17, 15) is 9.18 Å². The molecule has 3 aromatic rings. The van der Waals surface area contributed by atoms with Crippen LogP contribution in [-0.4, -0.2) is 42.8 Å². The van der Waals surface area contributed by atoms with Crippen LogP contribution >= 0.6 is 11.8 Å². The molecule has 1 heterocycles. The molecule has 2 aromatic carbocycles. The lowest BCUT2D eigenvalue weighted by atomic mass is 10.1. The van der Waals surface area contributed by atoms with E-state index in [0.29, 0.717) is 17.3 Å². The van der Waals surface area contributed by atoms with Crippen LogP contribution in [-0.2, 0) is 11.3 Å². The molecule has 0 spiro atoms. The van der Waals surface area contributed by atoms with Crippen LogP contribution in [0.15, 0.2) is 47.6 Å². The molecule has 0 aliphatic heterocycles. The Morgan fingerprint density at radius 2 is 1.90 bits per heavy atom. The molecule has 1 fully saturated rings. The van der Waals surface area contributed by atoms with Gasteiger partial charge in [0.25, 0.3) is 0 Å². The second kappa shape index (κ2) is 8.32. The Morgan fingerprint density at radius 3 is 2.59 bits per heavy atom. The molecule has 4 rings (SSSR count). The van der Waals surface area contributed by atoms with Gasteiger partial charge in [-0.2, -0.15) is 4.68 Å². The number of benzene rings is 2. The fraction of sp³-hybridized carbons (Fsp3) is 0.333. The second-order valence-electron chi connectivity index (χ2n) is 7.25. The maximum Gasteiger partial charge on any atom is 0.233 e. The first-order valence-corrected chi connectivity index (χ1v) is 10.5. The van der Waals surface area contributed by atoms with Crippen LogP contribution < -0.4 is 0 Å². The first-order chi connectivity index (χ1) is 14.0. The molecule has 1 saturated carbocycles. The number of aromatic nitrogens is 4. The van der Waals surface area contributed by atoms with Gasteiger partial charge in [-0.15, -0.1) is 5.10 Å². The van der Waals surface area contributed by atoms with Crippen molar-refractivity contribution in [3.63, 3.8) is 0 Å². The van der Waals surface area contributed by atoms with Gasteiger partial charge in [-0.3, -0.25) is 4.79 Å². The van der Waals surface area contributed by atoms with E-state index in [-0.39, 0.29) is 23.5 Å². The topological polar surface area (TPSA) is 63.9 Å². The molecule has 0 atom stereocenters. The van der Waals surface area contributed by atoms with Gasteiger partial charge in [0.2, 0.25) is 11.1 Å². The van der Waals surface area contributed by atoms with Crippen LogP contribution in [0, 0.1) is 19.7 Å². The molecular formula is C21H22FN5OS. The van der Waals surface area contributed by atoms with Crippen LogP contribution in [0.5, 0.6) is 0 Å². The average molecular weight is 412 g/mol. The van der Waals surface area contributed by atoms with E-state index in [4.69, 9.17) is 0 Å². The molecule has 29 heavy (non-hydrogen) atoms. The third kappa shape index (κ3) is 4.32. The highest BCUT2D eigenvalue weighted by Gasteiger charge is 2.33. The smallest absolute Gasteiger partial charge is 0.233 e. The lowest BCUT2D eigenvalue weighted by Crippen LogP contribution is -2.34. The summed E-state index contributed by atoms with van der Waals surface area (Å²) in [7, 11) is 0. The zero-order chi connectivity index (χ0) is 20.4. The highest BCUT2D eigenvalue weighted by molar-refractivity contribution is 7.99. The fourth-order valence-electron chi connectivity index (χ4n) is 3.38. The van der Waals surface area contributed by atoms with Gasteiger partial charge >= 0.3 is 0 Å². The summed E-state index contributed by atoms with van der Waals surface area (Å²) < 4.78 is 15.7. The fourth-order valence-corrected chi connectivity index (χ4v) is 4.14. The molecule has 0 radical (unpaired) electrons. The summed E-state index contributed by atoms with van der Waals surface area (Å²) >= 11 is 1.30. The molecule has 0 bridgehead atoms. The van der Waals surface area contributed by atoms with Crippen molar-refractivity contribution >= 4 is 17.7 Å². The first kappa shape index (κ1) is 19.6. The molecule has 0 unspecified atom stereocenters. The molecule has 6 nitrogen and oxygen atoms in total. The van der Waals surface area contributed by atoms with Gasteiger partial charge in [-0.25, -0.2) is 4.39 Å². The van der Waals surface area contributed by atoms with E-state index >= 15 is 0 Å². The lowest BCUT2D eigenvalue weighted by molar-refractivity contribution is -0.129. The Hall–Kier alpha value is -2.74. The molecule has 0 N–H and O–H groups in total. The minimum atomic E-state index is -0.280. The van der Waals surface area contributed by atoms with Gasteiger partial charge < -0.3 is 4.90 Å². The van der Waals surface area contributed by atoms with Crippen molar-refractivity contribution in [2.24, 2.45) is 0 Å². The summed E-state index contributed by atoms with van der Waals surface area (Å²) in [6.45, 7) is 4.30. The Bertz CT molecular complexity index is 1010. The maximum atomic E-state index is 14.0. The van der Waals surface area contributed by atoms with E-state index < -0.39 is 0 Å². The normalized spacial score (nSPS) is 13.5. The Balaban J connectivity index is 1.48. The van der Waals surface area contributed by atoms with Crippen LogP contribution in [0.25, 0.3) is 5.69 Å². The molecular weight excluding hydrogens is 389 g/mol. The monoisotopic (exact) mass is 411 g/mol. The predicted octanol–water partition coefficient (Wildman–Crippen LogP) is 3.70. The van der Waals surface area contributed by atoms with Gasteiger partial charge in [0.1, 0.15) is 5.82 Å². The number of hydrogen-bond acceptors (Lipinski definition) is 5. The third-order valence-electron chi connectivity index (χ3n) is 5.02. The standard InChI is InChI=1S/C21H22FN5OS/c1-14-6-5-7-15(2)20(14)27-21(23-24-25-27)29-13-19(28)26(17-10-11-17)12-16-8-3-4-9-18(16)22/h3-9,17H,10-13H2,1-2H3. The molecule has 1 aliphatic carbocycles. The van der Waals surface area contributed by atoms with Gasteiger partial charge in [0.15, 0.2) is 0 Å².